The number of allylic oxidation sites excluding steroid dienone is 1. The molecule has 2 aliphatic heterocycles. The second kappa shape index (κ2) is 9.17. The van der Waals surface area contributed by atoms with Gasteiger partial charge >= 0.3 is 11.9 Å². The minimum absolute atomic E-state index is 0.134. The van der Waals surface area contributed by atoms with Crippen LogP contribution in [-0.4, -0.2) is 57.5 Å². The number of carboxylic acids is 1. The third-order valence-corrected chi connectivity index (χ3v) is 6.25. The molecule has 3 rings (SSSR count). The number of hydrogen-bond donors (Lipinski definition) is 2. The quantitative estimate of drug-likeness (QED) is 0.383. The van der Waals surface area contributed by atoms with Crippen LogP contribution >= 0.6 is 11.8 Å². The molecule has 0 unspecified atom stereocenters. The Balaban J connectivity index is 1.68. The summed E-state index contributed by atoms with van der Waals surface area (Å²) >= 11 is 1.33. The van der Waals surface area contributed by atoms with Crippen molar-refractivity contribution in [2.45, 2.75) is 31.7 Å². The molecule has 0 spiro atoms. The van der Waals surface area contributed by atoms with Gasteiger partial charge in [-0.15, -0.1) is 11.8 Å². The van der Waals surface area contributed by atoms with Crippen LogP contribution in [0.2, 0.25) is 0 Å². The fourth-order valence-corrected chi connectivity index (χ4v) is 4.51. The highest BCUT2D eigenvalue weighted by atomic mass is 32.2. The SMILES string of the molecule is C/C=C(/C)C(=O)OCC1=C(C(=O)O)N2C(=O)[C@@H](NC(=O)Cc3ccccc3)[C@H]2SC1. The number of rotatable bonds is 7. The first-order valence-corrected chi connectivity index (χ1v) is 10.4. The largest absolute Gasteiger partial charge is 0.477 e. The fraction of sp³-hybridized carbons (Fsp3) is 0.333. The number of nitrogens with one attached hydrogen (secondary N) is 1. The number of carboxylic acid groups (broad SMARTS) is 1. The molecule has 2 N–H and O–H groups in total. The average Bonchev–Trinajstić information content (AvgIpc) is 2.74. The minimum atomic E-state index is -1.27. The molecule has 2 heterocycles. The number of hydrogen-bond acceptors (Lipinski definition) is 6. The summed E-state index contributed by atoms with van der Waals surface area (Å²) in [5.74, 6) is -2.32. The Morgan fingerprint density at radius 2 is 2.00 bits per heavy atom. The summed E-state index contributed by atoms with van der Waals surface area (Å²) in [6, 6.07) is 8.35. The molecule has 0 aliphatic carbocycles. The molecule has 9 heteroatoms. The summed E-state index contributed by atoms with van der Waals surface area (Å²) in [5.41, 5.74) is 1.41. The van der Waals surface area contributed by atoms with Crippen LogP contribution in [0.1, 0.15) is 19.4 Å². The normalized spacial score (nSPS) is 20.9. The zero-order valence-electron chi connectivity index (χ0n) is 16.6. The maximum atomic E-state index is 12.6. The van der Waals surface area contributed by atoms with Crippen LogP contribution in [0.3, 0.4) is 0 Å². The Labute approximate surface area is 178 Å². The van der Waals surface area contributed by atoms with Gasteiger partial charge in [-0.25, -0.2) is 9.59 Å². The second-order valence-electron chi connectivity index (χ2n) is 6.92. The Bertz CT molecular complexity index is 940. The standard InChI is InChI=1S/C21H22N2O6S/c1-3-12(2)21(28)29-10-14-11-30-19-16(18(25)23(19)17(14)20(26)27)22-15(24)9-13-7-5-4-6-8-13/h3-8,16,19H,9-11H2,1-2H3,(H,22,24)(H,26,27)/b12-3-/t16-,19-/m1/s1. The van der Waals surface area contributed by atoms with Crippen molar-refractivity contribution in [1.29, 1.82) is 0 Å². The van der Waals surface area contributed by atoms with Crippen molar-refractivity contribution in [3.63, 3.8) is 0 Å². The van der Waals surface area contributed by atoms with Crippen molar-refractivity contribution in [2.24, 2.45) is 0 Å². The molecule has 158 valence electrons. The number of carbonyl (C=O) groups is 4. The van der Waals surface area contributed by atoms with Crippen molar-refractivity contribution < 1.29 is 29.0 Å². The van der Waals surface area contributed by atoms with Gasteiger partial charge in [-0.2, -0.15) is 0 Å². The number of carbonyl (C=O) groups excluding carboxylic acids is 3. The predicted octanol–water partition coefficient (Wildman–Crippen LogP) is 1.48. The minimum Gasteiger partial charge on any atom is -0.477 e. The van der Waals surface area contributed by atoms with Crippen molar-refractivity contribution in [1.82, 2.24) is 10.2 Å². The van der Waals surface area contributed by atoms with E-state index in [1.54, 1.807) is 19.9 Å². The first-order chi connectivity index (χ1) is 14.3. The van der Waals surface area contributed by atoms with Crippen LogP contribution < -0.4 is 5.32 Å². The van der Waals surface area contributed by atoms with E-state index in [1.165, 1.54) is 11.8 Å². The number of β-lactam (4-membered cyclic amide) rings is 1. The van der Waals surface area contributed by atoms with E-state index in [4.69, 9.17) is 4.74 Å². The summed E-state index contributed by atoms with van der Waals surface area (Å²) in [4.78, 5) is 49.7. The van der Waals surface area contributed by atoms with Gasteiger partial charge in [0.2, 0.25) is 5.91 Å². The Hall–Kier alpha value is -3.07. The number of benzene rings is 1. The molecule has 2 atom stereocenters. The monoisotopic (exact) mass is 430 g/mol. The average molecular weight is 430 g/mol. The summed E-state index contributed by atoms with van der Waals surface area (Å²) in [6.45, 7) is 3.09. The molecule has 1 saturated heterocycles. The number of nitrogens with zero attached hydrogens (tertiary/aromatic N) is 1. The van der Waals surface area contributed by atoms with E-state index in [1.807, 2.05) is 30.3 Å². The first kappa shape index (κ1) is 21.6. The summed E-state index contributed by atoms with van der Waals surface area (Å²) < 4.78 is 5.17. The number of ether oxygens (including phenoxy) is 1. The lowest BCUT2D eigenvalue weighted by molar-refractivity contribution is -0.150. The number of thioether (sulfide) groups is 1. The second-order valence-corrected chi connectivity index (χ2v) is 8.03. The van der Waals surface area contributed by atoms with Gasteiger partial charge < -0.3 is 15.2 Å². The number of fused-ring (bicyclic) bond motifs is 1. The van der Waals surface area contributed by atoms with E-state index in [9.17, 15) is 24.3 Å². The van der Waals surface area contributed by atoms with Crippen LogP contribution in [0.4, 0.5) is 0 Å². The molecule has 0 bridgehead atoms. The Morgan fingerprint density at radius 3 is 2.63 bits per heavy atom. The van der Waals surface area contributed by atoms with Crippen LogP contribution in [0, 0.1) is 0 Å². The van der Waals surface area contributed by atoms with E-state index in [2.05, 4.69) is 5.32 Å². The number of aliphatic carboxylic acids is 1. The Kier molecular flexibility index (Phi) is 6.61. The smallest absolute Gasteiger partial charge is 0.352 e. The summed E-state index contributed by atoms with van der Waals surface area (Å²) in [6.07, 6.45) is 1.73. The topological polar surface area (TPSA) is 113 Å². The van der Waals surface area contributed by atoms with E-state index < -0.39 is 29.3 Å². The molecule has 1 aromatic carbocycles. The predicted molar refractivity (Wildman–Crippen MR) is 110 cm³/mol. The van der Waals surface area contributed by atoms with Crippen LogP contribution in [-0.2, 0) is 30.3 Å². The molecule has 2 amide bonds. The molecule has 1 fully saturated rings. The van der Waals surface area contributed by atoms with Gasteiger partial charge in [-0.1, -0.05) is 36.4 Å². The molecule has 1 aromatic rings. The zero-order chi connectivity index (χ0) is 21.8. The third-order valence-electron chi connectivity index (χ3n) is 4.91. The van der Waals surface area contributed by atoms with Crippen LogP contribution in [0.5, 0.6) is 0 Å². The van der Waals surface area contributed by atoms with Crippen molar-refractivity contribution in [3.05, 3.63) is 58.8 Å². The van der Waals surface area contributed by atoms with Gasteiger partial charge in [0.05, 0.1) is 6.42 Å². The molecular weight excluding hydrogens is 408 g/mol. The Morgan fingerprint density at radius 1 is 1.30 bits per heavy atom. The number of amides is 2. The van der Waals surface area contributed by atoms with Crippen molar-refractivity contribution >= 4 is 35.5 Å². The lowest BCUT2D eigenvalue weighted by atomic mass is 10.0. The van der Waals surface area contributed by atoms with Gasteiger partial charge in [0.15, 0.2) is 0 Å². The van der Waals surface area contributed by atoms with E-state index in [0.717, 1.165) is 10.5 Å². The first-order valence-electron chi connectivity index (χ1n) is 9.36. The highest BCUT2D eigenvalue weighted by molar-refractivity contribution is 8.00. The molecular formula is C21H22N2O6S. The van der Waals surface area contributed by atoms with Crippen LogP contribution in [0.25, 0.3) is 0 Å². The molecule has 8 nitrogen and oxygen atoms in total. The van der Waals surface area contributed by atoms with Gasteiger partial charge in [0.1, 0.15) is 23.7 Å². The maximum absolute atomic E-state index is 12.6. The summed E-state index contributed by atoms with van der Waals surface area (Å²) in [5, 5.41) is 11.8. The van der Waals surface area contributed by atoms with Gasteiger partial charge in [0.25, 0.3) is 5.91 Å². The van der Waals surface area contributed by atoms with E-state index >= 15 is 0 Å². The van der Waals surface area contributed by atoms with Crippen molar-refractivity contribution in [3.8, 4) is 0 Å². The molecule has 0 radical (unpaired) electrons. The van der Waals surface area contributed by atoms with E-state index in [-0.39, 0.29) is 30.4 Å². The zero-order valence-corrected chi connectivity index (χ0v) is 17.4. The van der Waals surface area contributed by atoms with Gasteiger partial charge in [-0.3, -0.25) is 14.5 Å². The maximum Gasteiger partial charge on any atom is 0.352 e. The molecule has 0 saturated carbocycles. The lowest BCUT2D eigenvalue weighted by Gasteiger charge is -2.49. The third kappa shape index (κ3) is 4.40. The molecule has 0 aromatic heterocycles. The summed E-state index contributed by atoms with van der Waals surface area (Å²) in [7, 11) is 0. The molecule has 30 heavy (non-hydrogen) atoms. The van der Waals surface area contributed by atoms with Gasteiger partial charge in [-0.05, 0) is 19.4 Å². The van der Waals surface area contributed by atoms with Gasteiger partial charge in [0, 0.05) is 16.9 Å². The van der Waals surface area contributed by atoms with Crippen molar-refractivity contribution in [2.75, 3.05) is 12.4 Å². The molecule has 2 aliphatic rings. The number of esters is 1. The van der Waals surface area contributed by atoms with E-state index in [0.29, 0.717) is 11.1 Å². The highest BCUT2D eigenvalue weighted by Crippen LogP contribution is 2.40. The highest BCUT2D eigenvalue weighted by Gasteiger charge is 2.54. The fourth-order valence-electron chi connectivity index (χ4n) is 3.18. The van der Waals surface area contributed by atoms with Crippen LogP contribution in [0.15, 0.2) is 53.3 Å². The lowest BCUT2D eigenvalue weighted by Crippen LogP contribution is -2.70.